The van der Waals surface area contributed by atoms with Crippen molar-refractivity contribution in [1.29, 1.82) is 0 Å². The number of carbonyl (C=O) groups excluding carboxylic acids is 1. The highest BCUT2D eigenvalue weighted by molar-refractivity contribution is 5.68. The Hall–Kier alpha value is -1.56. The number of hydrogen-bond acceptors (Lipinski definition) is 4. The number of nitrogens with zero attached hydrogens (tertiary/aromatic N) is 3. The van der Waals surface area contributed by atoms with Gasteiger partial charge in [-0.25, -0.2) is 9.78 Å². The molecule has 1 rings (SSSR count). The van der Waals surface area contributed by atoms with E-state index in [-0.39, 0.29) is 6.09 Å². The lowest BCUT2D eigenvalue weighted by Crippen LogP contribution is -2.40. The van der Waals surface area contributed by atoms with Crippen LogP contribution in [-0.2, 0) is 17.8 Å². The standard InChI is InChI=1S/C16H30N4O2/c1-6-10-20(15(21)22-16(3,4)5)11-8-17-13-14-18-9-12-19(14)7-2/h9,12,17H,6-8,10-11,13H2,1-5H3. The highest BCUT2D eigenvalue weighted by Gasteiger charge is 2.21. The van der Waals surface area contributed by atoms with Crippen molar-refractivity contribution in [3.8, 4) is 0 Å². The van der Waals surface area contributed by atoms with Crippen molar-refractivity contribution in [3.05, 3.63) is 18.2 Å². The van der Waals surface area contributed by atoms with Crippen LogP contribution in [0.2, 0.25) is 0 Å². The molecule has 0 aliphatic carbocycles. The quantitative estimate of drug-likeness (QED) is 0.750. The van der Waals surface area contributed by atoms with E-state index < -0.39 is 5.60 Å². The first-order valence-corrected chi connectivity index (χ1v) is 8.06. The first-order valence-electron chi connectivity index (χ1n) is 8.06. The Morgan fingerprint density at radius 2 is 2.09 bits per heavy atom. The second-order valence-electron chi connectivity index (χ2n) is 6.27. The highest BCUT2D eigenvalue weighted by Crippen LogP contribution is 2.10. The highest BCUT2D eigenvalue weighted by atomic mass is 16.6. The third kappa shape index (κ3) is 6.47. The molecular weight excluding hydrogens is 280 g/mol. The van der Waals surface area contributed by atoms with Crippen molar-refractivity contribution in [2.45, 2.75) is 59.7 Å². The van der Waals surface area contributed by atoms with Gasteiger partial charge in [0.2, 0.25) is 0 Å². The predicted octanol–water partition coefficient (Wildman–Crippen LogP) is 2.64. The Balaban J connectivity index is 2.39. The maximum absolute atomic E-state index is 12.1. The molecule has 0 aliphatic heterocycles. The van der Waals surface area contributed by atoms with Gasteiger partial charge in [0.05, 0.1) is 6.54 Å². The van der Waals surface area contributed by atoms with Gasteiger partial charge in [-0.05, 0) is 34.1 Å². The molecule has 0 bridgehead atoms. The smallest absolute Gasteiger partial charge is 0.410 e. The number of aromatic nitrogens is 2. The molecule has 1 aromatic rings. The third-order valence-corrected chi connectivity index (χ3v) is 3.13. The molecule has 0 aliphatic rings. The summed E-state index contributed by atoms with van der Waals surface area (Å²) in [6.07, 6.45) is 4.46. The van der Waals surface area contributed by atoms with Crippen molar-refractivity contribution in [2.24, 2.45) is 0 Å². The van der Waals surface area contributed by atoms with Gasteiger partial charge in [0.15, 0.2) is 0 Å². The van der Waals surface area contributed by atoms with Gasteiger partial charge in [-0.1, -0.05) is 6.92 Å². The maximum atomic E-state index is 12.1. The van der Waals surface area contributed by atoms with Crippen LogP contribution < -0.4 is 5.32 Å². The summed E-state index contributed by atoms with van der Waals surface area (Å²) < 4.78 is 7.54. The van der Waals surface area contributed by atoms with E-state index in [9.17, 15) is 4.79 Å². The van der Waals surface area contributed by atoms with Gasteiger partial charge in [-0.3, -0.25) is 0 Å². The maximum Gasteiger partial charge on any atom is 0.410 e. The summed E-state index contributed by atoms with van der Waals surface area (Å²) in [6, 6.07) is 0. The molecule has 0 saturated carbocycles. The molecule has 126 valence electrons. The van der Waals surface area contributed by atoms with Gasteiger partial charge >= 0.3 is 6.09 Å². The number of rotatable bonds is 8. The number of carbonyl (C=O) groups is 1. The van der Waals surface area contributed by atoms with Crippen LogP contribution >= 0.6 is 0 Å². The van der Waals surface area contributed by atoms with Crippen LogP contribution in [0.3, 0.4) is 0 Å². The van der Waals surface area contributed by atoms with E-state index in [2.05, 4.69) is 28.7 Å². The van der Waals surface area contributed by atoms with Gasteiger partial charge in [-0.2, -0.15) is 0 Å². The van der Waals surface area contributed by atoms with Crippen LogP contribution in [0, 0.1) is 0 Å². The molecule has 22 heavy (non-hydrogen) atoms. The molecule has 6 heteroatoms. The van der Waals surface area contributed by atoms with Crippen LogP contribution in [-0.4, -0.2) is 45.8 Å². The van der Waals surface area contributed by atoms with E-state index in [1.807, 2.05) is 33.2 Å². The average Bonchev–Trinajstić information content (AvgIpc) is 2.87. The summed E-state index contributed by atoms with van der Waals surface area (Å²) in [7, 11) is 0. The number of imidazole rings is 1. The first kappa shape index (κ1) is 18.5. The van der Waals surface area contributed by atoms with Crippen molar-refractivity contribution in [3.63, 3.8) is 0 Å². The average molecular weight is 310 g/mol. The Kier molecular flexibility index (Phi) is 7.38. The molecule has 0 spiro atoms. The largest absolute Gasteiger partial charge is 0.444 e. The molecular formula is C16H30N4O2. The molecule has 0 unspecified atom stereocenters. The number of aryl methyl sites for hydroxylation is 1. The molecule has 0 atom stereocenters. The fourth-order valence-corrected chi connectivity index (χ4v) is 2.10. The Morgan fingerprint density at radius 1 is 1.36 bits per heavy atom. The van der Waals surface area contributed by atoms with Crippen molar-refractivity contribution in [2.75, 3.05) is 19.6 Å². The van der Waals surface area contributed by atoms with E-state index in [1.165, 1.54) is 0 Å². The SMILES string of the molecule is CCCN(CCNCc1nccn1CC)C(=O)OC(C)(C)C. The minimum atomic E-state index is -0.456. The number of nitrogens with one attached hydrogen (secondary N) is 1. The molecule has 0 fully saturated rings. The van der Waals surface area contributed by atoms with Crippen LogP contribution in [0.15, 0.2) is 12.4 Å². The number of amides is 1. The molecule has 0 aromatic carbocycles. The fraction of sp³-hybridized carbons (Fsp3) is 0.750. The molecule has 1 N–H and O–H groups in total. The van der Waals surface area contributed by atoms with E-state index >= 15 is 0 Å². The summed E-state index contributed by atoms with van der Waals surface area (Å²) in [4.78, 5) is 18.2. The molecule has 1 amide bonds. The lowest BCUT2D eigenvalue weighted by Gasteiger charge is -2.27. The van der Waals surface area contributed by atoms with Gasteiger partial charge in [0, 0.05) is 38.6 Å². The van der Waals surface area contributed by atoms with Crippen molar-refractivity contribution >= 4 is 6.09 Å². The third-order valence-electron chi connectivity index (χ3n) is 3.13. The molecule has 1 heterocycles. The van der Waals surface area contributed by atoms with Crippen LogP contribution in [0.4, 0.5) is 4.79 Å². The first-order chi connectivity index (χ1) is 10.4. The number of hydrogen-bond donors (Lipinski definition) is 1. The van der Waals surface area contributed by atoms with E-state index in [0.29, 0.717) is 19.6 Å². The summed E-state index contributed by atoms with van der Waals surface area (Å²) in [5.41, 5.74) is -0.456. The minimum absolute atomic E-state index is 0.244. The molecule has 0 saturated heterocycles. The zero-order chi connectivity index (χ0) is 16.6. The normalized spacial score (nSPS) is 11.5. The topological polar surface area (TPSA) is 59.4 Å². The monoisotopic (exact) mass is 310 g/mol. The van der Waals surface area contributed by atoms with Gasteiger partial charge < -0.3 is 19.5 Å². The van der Waals surface area contributed by atoms with E-state index in [0.717, 1.165) is 25.3 Å². The Bertz CT molecular complexity index is 451. The summed E-state index contributed by atoms with van der Waals surface area (Å²) in [5.74, 6) is 1.02. The van der Waals surface area contributed by atoms with Crippen molar-refractivity contribution < 1.29 is 9.53 Å². The minimum Gasteiger partial charge on any atom is -0.444 e. The Morgan fingerprint density at radius 3 is 2.68 bits per heavy atom. The van der Waals surface area contributed by atoms with Crippen LogP contribution in [0.1, 0.15) is 46.9 Å². The van der Waals surface area contributed by atoms with Gasteiger partial charge in [0.25, 0.3) is 0 Å². The Labute approximate surface area is 133 Å². The number of ether oxygens (including phenoxy) is 1. The lowest BCUT2D eigenvalue weighted by atomic mass is 10.2. The summed E-state index contributed by atoms with van der Waals surface area (Å²) in [5, 5.41) is 3.34. The zero-order valence-corrected chi connectivity index (χ0v) is 14.6. The molecule has 0 radical (unpaired) electrons. The second-order valence-corrected chi connectivity index (χ2v) is 6.27. The van der Waals surface area contributed by atoms with Crippen LogP contribution in [0.25, 0.3) is 0 Å². The molecule has 1 aromatic heterocycles. The van der Waals surface area contributed by atoms with Gasteiger partial charge in [-0.15, -0.1) is 0 Å². The van der Waals surface area contributed by atoms with E-state index in [1.54, 1.807) is 4.90 Å². The van der Waals surface area contributed by atoms with Crippen molar-refractivity contribution in [1.82, 2.24) is 19.8 Å². The second kappa shape index (κ2) is 8.78. The van der Waals surface area contributed by atoms with Gasteiger partial charge in [0.1, 0.15) is 11.4 Å². The summed E-state index contributed by atoms with van der Waals surface area (Å²) in [6.45, 7) is 13.5. The predicted molar refractivity (Wildman–Crippen MR) is 87.7 cm³/mol. The lowest BCUT2D eigenvalue weighted by molar-refractivity contribution is 0.0252. The molecule has 6 nitrogen and oxygen atoms in total. The fourth-order valence-electron chi connectivity index (χ4n) is 2.10. The summed E-state index contributed by atoms with van der Waals surface area (Å²) >= 11 is 0. The van der Waals surface area contributed by atoms with Crippen LogP contribution in [0.5, 0.6) is 0 Å². The zero-order valence-electron chi connectivity index (χ0n) is 14.6. The van der Waals surface area contributed by atoms with E-state index in [4.69, 9.17) is 4.74 Å².